The standard InChI is InChI=1S/C30H25ClN2O3/c1-17-14-19(3)29-26(15-17)33-30(36-29)23-6-5-7-25(20(23)4)32-28(34)13-11-22-10-12-27(35-22)21-9-8-18(2)24(31)16-21/h5-16H,1-4H3,(H,32,34)/b13-11+. The van der Waals surface area contributed by atoms with Crippen LogP contribution in [0.5, 0.6) is 0 Å². The van der Waals surface area contributed by atoms with Gasteiger partial charge in [-0.25, -0.2) is 4.98 Å². The van der Waals surface area contributed by atoms with Crippen molar-refractivity contribution in [2.45, 2.75) is 27.7 Å². The summed E-state index contributed by atoms with van der Waals surface area (Å²) in [6.45, 7) is 7.94. The number of aromatic nitrogens is 1. The van der Waals surface area contributed by atoms with Crippen molar-refractivity contribution in [2.24, 2.45) is 0 Å². The van der Waals surface area contributed by atoms with Gasteiger partial charge in [0.2, 0.25) is 11.8 Å². The van der Waals surface area contributed by atoms with Gasteiger partial charge in [-0.05, 0) is 92.4 Å². The molecule has 0 spiro atoms. The molecule has 0 aliphatic carbocycles. The van der Waals surface area contributed by atoms with E-state index in [1.54, 1.807) is 6.08 Å². The molecule has 6 heteroatoms. The Labute approximate surface area is 214 Å². The van der Waals surface area contributed by atoms with Crippen LogP contribution >= 0.6 is 11.6 Å². The molecule has 0 saturated carbocycles. The van der Waals surface area contributed by atoms with Crippen molar-refractivity contribution in [1.29, 1.82) is 0 Å². The lowest BCUT2D eigenvalue weighted by molar-refractivity contribution is -0.111. The Morgan fingerprint density at radius 2 is 1.78 bits per heavy atom. The van der Waals surface area contributed by atoms with Crippen LogP contribution in [0.1, 0.15) is 28.0 Å². The lowest BCUT2D eigenvalue weighted by Gasteiger charge is -2.09. The zero-order valence-corrected chi connectivity index (χ0v) is 21.2. The maximum Gasteiger partial charge on any atom is 0.248 e. The number of carbonyl (C=O) groups is 1. The summed E-state index contributed by atoms with van der Waals surface area (Å²) in [5, 5.41) is 3.62. The minimum atomic E-state index is -0.268. The van der Waals surface area contributed by atoms with Gasteiger partial charge in [0.1, 0.15) is 17.0 Å². The molecule has 0 unspecified atom stereocenters. The normalized spacial score (nSPS) is 11.5. The Hall–Kier alpha value is -4.09. The SMILES string of the molecule is Cc1cc(C)c2oc(-c3cccc(NC(=O)/C=C/c4ccc(-c5ccc(C)c(Cl)c5)o4)c3C)nc2c1. The highest BCUT2D eigenvalue weighted by Crippen LogP contribution is 2.32. The third-order valence-corrected chi connectivity index (χ3v) is 6.53. The van der Waals surface area contributed by atoms with Gasteiger partial charge in [0.05, 0.1) is 0 Å². The van der Waals surface area contributed by atoms with Gasteiger partial charge in [-0.3, -0.25) is 4.79 Å². The summed E-state index contributed by atoms with van der Waals surface area (Å²) in [6, 6.07) is 19.2. The molecular formula is C30H25ClN2O3. The van der Waals surface area contributed by atoms with E-state index >= 15 is 0 Å². The number of fused-ring (bicyclic) bond motifs is 1. The third-order valence-electron chi connectivity index (χ3n) is 6.12. The van der Waals surface area contributed by atoms with Crippen LogP contribution in [-0.2, 0) is 4.79 Å². The summed E-state index contributed by atoms with van der Waals surface area (Å²) in [5.74, 6) is 1.52. The molecular weight excluding hydrogens is 472 g/mol. The van der Waals surface area contributed by atoms with E-state index in [1.807, 2.05) is 82.3 Å². The van der Waals surface area contributed by atoms with E-state index in [9.17, 15) is 4.79 Å². The van der Waals surface area contributed by atoms with E-state index in [-0.39, 0.29) is 5.91 Å². The Kier molecular flexibility index (Phi) is 6.25. The minimum absolute atomic E-state index is 0.268. The average Bonchev–Trinajstić information content (AvgIpc) is 3.48. The number of oxazole rings is 1. The molecule has 2 aromatic heterocycles. The van der Waals surface area contributed by atoms with E-state index in [0.717, 1.165) is 44.5 Å². The molecule has 180 valence electrons. The Balaban J connectivity index is 1.33. The lowest BCUT2D eigenvalue weighted by Crippen LogP contribution is -2.09. The highest BCUT2D eigenvalue weighted by Gasteiger charge is 2.15. The molecule has 5 aromatic rings. The summed E-state index contributed by atoms with van der Waals surface area (Å²) in [4.78, 5) is 17.4. The second-order valence-electron chi connectivity index (χ2n) is 8.92. The van der Waals surface area contributed by atoms with Gasteiger partial charge in [-0.15, -0.1) is 0 Å². The van der Waals surface area contributed by atoms with E-state index < -0.39 is 0 Å². The maximum atomic E-state index is 12.7. The predicted octanol–water partition coefficient (Wildman–Crippen LogP) is 8.29. The van der Waals surface area contributed by atoms with Crippen LogP contribution < -0.4 is 5.32 Å². The van der Waals surface area contributed by atoms with Crippen molar-refractivity contribution >= 4 is 40.4 Å². The second-order valence-corrected chi connectivity index (χ2v) is 9.32. The van der Waals surface area contributed by atoms with Crippen LogP contribution in [-0.4, -0.2) is 10.9 Å². The molecule has 0 bridgehead atoms. The predicted molar refractivity (Wildman–Crippen MR) is 145 cm³/mol. The van der Waals surface area contributed by atoms with Crippen LogP contribution in [0.25, 0.3) is 40.0 Å². The molecule has 0 atom stereocenters. The number of carbonyl (C=O) groups excluding carboxylic acids is 1. The molecule has 0 fully saturated rings. The number of rotatable bonds is 5. The summed E-state index contributed by atoms with van der Waals surface area (Å²) < 4.78 is 11.9. The molecule has 5 nitrogen and oxygen atoms in total. The van der Waals surface area contributed by atoms with Gasteiger partial charge < -0.3 is 14.2 Å². The van der Waals surface area contributed by atoms with Gasteiger partial charge in [-0.1, -0.05) is 35.9 Å². The van der Waals surface area contributed by atoms with Crippen molar-refractivity contribution in [3.05, 3.63) is 99.8 Å². The minimum Gasteiger partial charge on any atom is -0.457 e. The van der Waals surface area contributed by atoms with Crippen molar-refractivity contribution < 1.29 is 13.6 Å². The molecule has 36 heavy (non-hydrogen) atoms. The summed E-state index contributed by atoms with van der Waals surface area (Å²) in [6.07, 6.45) is 3.09. The van der Waals surface area contributed by atoms with E-state index in [1.165, 1.54) is 6.08 Å². The number of hydrogen-bond donors (Lipinski definition) is 1. The zero-order chi connectivity index (χ0) is 25.4. The lowest BCUT2D eigenvalue weighted by atomic mass is 10.1. The van der Waals surface area contributed by atoms with E-state index in [0.29, 0.717) is 28.1 Å². The molecule has 0 aliphatic rings. The van der Waals surface area contributed by atoms with Crippen LogP contribution in [0.3, 0.4) is 0 Å². The van der Waals surface area contributed by atoms with Crippen molar-refractivity contribution in [3.8, 4) is 22.8 Å². The largest absolute Gasteiger partial charge is 0.457 e. The van der Waals surface area contributed by atoms with Gasteiger partial charge >= 0.3 is 0 Å². The number of aryl methyl sites for hydroxylation is 3. The highest BCUT2D eigenvalue weighted by molar-refractivity contribution is 6.31. The second kappa shape index (κ2) is 9.51. The summed E-state index contributed by atoms with van der Waals surface area (Å²) in [7, 11) is 0. The van der Waals surface area contributed by atoms with E-state index in [4.69, 9.17) is 20.4 Å². The zero-order valence-electron chi connectivity index (χ0n) is 20.5. The fraction of sp³-hybridized carbons (Fsp3) is 0.133. The Morgan fingerprint density at radius 1 is 0.944 bits per heavy atom. The van der Waals surface area contributed by atoms with Crippen LogP contribution in [0.4, 0.5) is 5.69 Å². The molecule has 0 saturated heterocycles. The topological polar surface area (TPSA) is 68.3 Å². The van der Waals surface area contributed by atoms with Gasteiger partial charge in [0, 0.05) is 27.9 Å². The molecule has 5 rings (SSSR count). The molecule has 2 heterocycles. The Morgan fingerprint density at radius 3 is 2.58 bits per heavy atom. The molecule has 1 N–H and O–H groups in total. The van der Waals surface area contributed by atoms with Crippen molar-refractivity contribution in [1.82, 2.24) is 4.98 Å². The number of benzene rings is 3. The quantitative estimate of drug-likeness (QED) is 0.248. The van der Waals surface area contributed by atoms with Gasteiger partial charge in [0.25, 0.3) is 0 Å². The number of amides is 1. The summed E-state index contributed by atoms with van der Waals surface area (Å²) >= 11 is 6.23. The third kappa shape index (κ3) is 4.70. The smallest absolute Gasteiger partial charge is 0.248 e. The van der Waals surface area contributed by atoms with Crippen LogP contribution in [0, 0.1) is 27.7 Å². The number of anilines is 1. The Bertz CT molecular complexity index is 1640. The maximum absolute atomic E-state index is 12.7. The first kappa shape index (κ1) is 23.6. The number of furan rings is 1. The number of nitrogens with one attached hydrogen (secondary N) is 1. The fourth-order valence-corrected chi connectivity index (χ4v) is 4.35. The summed E-state index contributed by atoms with van der Waals surface area (Å²) in [5.41, 5.74) is 8.05. The highest BCUT2D eigenvalue weighted by atomic mass is 35.5. The first-order chi connectivity index (χ1) is 17.3. The molecule has 1 amide bonds. The van der Waals surface area contributed by atoms with Crippen molar-refractivity contribution in [3.63, 3.8) is 0 Å². The molecule has 0 aliphatic heterocycles. The van der Waals surface area contributed by atoms with Crippen LogP contribution in [0.2, 0.25) is 5.02 Å². The number of nitrogens with zero attached hydrogens (tertiary/aromatic N) is 1. The van der Waals surface area contributed by atoms with Gasteiger partial charge in [-0.2, -0.15) is 0 Å². The first-order valence-corrected chi connectivity index (χ1v) is 12.0. The van der Waals surface area contributed by atoms with Gasteiger partial charge in [0.15, 0.2) is 5.58 Å². The molecule has 0 radical (unpaired) electrons. The average molecular weight is 497 g/mol. The van der Waals surface area contributed by atoms with Crippen LogP contribution in [0.15, 0.2) is 75.6 Å². The fourth-order valence-electron chi connectivity index (χ4n) is 4.17. The van der Waals surface area contributed by atoms with E-state index in [2.05, 4.69) is 16.4 Å². The number of halogens is 1. The first-order valence-electron chi connectivity index (χ1n) is 11.6. The molecule has 3 aromatic carbocycles. The monoisotopic (exact) mass is 496 g/mol. The van der Waals surface area contributed by atoms with Crippen molar-refractivity contribution in [2.75, 3.05) is 5.32 Å². The number of hydrogen-bond acceptors (Lipinski definition) is 4.